The van der Waals surface area contributed by atoms with Crippen LogP contribution in [0.1, 0.15) is 19.8 Å². The summed E-state index contributed by atoms with van der Waals surface area (Å²) in [6.45, 7) is 5.50. The van der Waals surface area contributed by atoms with Crippen LogP contribution in [-0.4, -0.2) is 44.6 Å². The Morgan fingerprint density at radius 2 is 2.44 bits per heavy atom. The largest absolute Gasteiger partial charge is 0.385 e. The lowest BCUT2D eigenvalue weighted by molar-refractivity contribution is 0.180. The normalized spacial score (nSPS) is 21.8. The average Bonchev–Trinajstić information content (AvgIpc) is 2.77. The molecule has 0 aromatic rings. The summed E-state index contributed by atoms with van der Waals surface area (Å²) in [5.74, 6) is 0.582. The fourth-order valence-electron chi connectivity index (χ4n) is 1.74. The molecular formula is C11H22N2O2S. The maximum atomic E-state index is 5.35. The van der Waals surface area contributed by atoms with Crippen LogP contribution in [0.15, 0.2) is 0 Å². The van der Waals surface area contributed by atoms with Gasteiger partial charge >= 0.3 is 0 Å². The van der Waals surface area contributed by atoms with Crippen molar-refractivity contribution in [1.82, 2.24) is 10.6 Å². The van der Waals surface area contributed by atoms with Crippen LogP contribution in [-0.2, 0) is 9.47 Å². The Bertz CT molecular complexity index is 208. The molecule has 1 aliphatic heterocycles. The summed E-state index contributed by atoms with van der Waals surface area (Å²) in [4.78, 5) is 0. The minimum absolute atomic E-state index is 0.380. The second-order valence-corrected chi connectivity index (χ2v) is 4.57. The molecule has 4 nitrogen and oxygen atoms in total. The molecule has 2 N–H and O–H groups in total. The zero-order valence-corrected chi connectivity index (χ0v) is 10.9. The van der Waals surface area contributed by atoms with Crippen molar-refractivity contribution in [3.63, 3.8) is 0 Å². The summed E-state index contributed by atoms with van der Waals surface area (Å²) in [6.07, 6.45) is 2.10. The number of thiocarbonyl (C=S) groups is 1. The van der Waals surface area contributed by atoms with Gasteiger partial charge in [-0.15, -0.1) is 0 Å². The predicted octanol–water partition coefficient (Wildman–Crippen LogP) is 0.912. The summed E-state index contributed by atoms with van der Waals surface area (Å²) in [7, 11) is 1.71. The van der Waals surface area contributed by atoms with Gasteiger partial charge in [0.15, 0.2) is 5.11 Å². The van der Waals surface area contributed by atoms with E-state index in [1.807, 2.05) is 0 Å². The SMILES string of the molecule is COCCCNC(=S)NC(C)C1CCOC1. The molecule has 2 unspecified atom stereocenters. The summed E-state index contributed by atoms with van der Waals surface area (Å²) >= 11 is 5.21. The van der Waals surface area contributed by atoms with Crippen LogP contribution in [0.2, 0.25) is 0 Å². The molecular weight excluding hydrogens is 224 g/mol. The van der Waals surface area contributed by atoms with Crippen LogP contribution < -0.4 is 10.6 Å². The first-order valence-corrected chi connectivity index (χ1v) is 6.26. The topological polar surface area (TPSA) is 42.5 Å². The second-order valence-electron chi connectivity index (χ2n) is 4.16. The van der Waals surface area contributed by atoms with E-state index in [2.05, 4.69) is 17.6 Å². The van der Waals surface area contributed by atoms with Gasteiger partial charge in [0.05, 0.1) is 6.61 Å². The second kappa shape index (κ2) is 7.81. The van der Waals surface area contributed by atoms with E-state index in [-0.39, 0.29) is 0 Å². The standard InChI is InChI=1S/C11H22N2O2S/c1-9(10-4-7-15-8-10)13-11(16)12-5-3-6-14-2/h9-10H,3-8H2,1-2H3,(H2,12,13,16). The molecule has 1 aliphatic rings. The van der Waals surface area contributed by atoms with Gasteiger partial charge in [-0.05, 0) is 32.0 Å². The quantitative estimate of drug-likeness (QED) is 0.539. The number of hydrogen-bond donors (Lipinski definition) is 2. The van der Waals surface area contributed by atoms with E-state index < -0.39 is 0 Å². The minimum atomic E-state index is 0.380. The van der Waals surface area contributed by atoms with Crippen molar-refractivity contribution in [2.24, 2.45) is 5.92 Å². The fourth-order valence-corrected chi connectivity index (χ4v) is 2.03. The van der Waals surface area contributed by atoms with Crippen LogP contribution >= 0.6 is 12.2 Å². The number of ether oxygens (including phenoxy) is 2. The van der Waals surface area contributed by atoms with Crippen molar-refractivity contribution in [1.29, 1.82) is 0 Å². The first kappa shape index (κ1) is 13.7. The molecule has 1 heterocycles. The van der Waals surface area contributed by atoms with E-state index in [0.717, 1.165) is 44.3 Å². The Hall–Kier alpha value is -0.390. The van der Waals surface area contributed by atoms with Crippen LogP contribution in [0.25, 0.3) is 0 Å². The molecule has 0 aromatic carbocycles. The summed E-state index contributed by atoms with van der Waals surface area (Å²) in [5, 5.41) is 7.20. The van der Waals surface area contributed by atoms with Gasteiger partial charge in [0.25, 0.3) is 0 Å². The molecule has 5 heteroatoms. The van der Waals surface area contributed by atoms with E-state index in [0.29, 0.717) is 12.0 Å². The molecule has 0 saturated carbocycles. The highest BCUT2D eigenvalue weighted by Gasteiger charge is 2.22. The number of hydrogen-bond acceptors (Lipinski definition) is 3. The van der Waals surface area contributed by atoms with Crippen LogP contribution in [0.4, 0.5) is 0 Å². The van der Waals surface area contributed by atoms with Crippen molar-refractivity contribution in [2.45, 2.75) is 25.8 Å². The van der Waals surface area contributed by atoms with Crippen molar-refractivity contribution in [2.75, 3.05) is 33.5 Å². The van der Waals surface area contributed by atoms with Gasteiger partial charge in [-0.25, -0.2) is 0 Å². The lowest BCUT2D eigenvalue weighted by atomic mass is 10.0. The molecule has 0 aromatic heterocycles. The molecule has 0 aliphatic carbocycles. The Balaban J connectivity index is 2.08. The van der Waals surface area contributed by atoms with E-state index >= 15 is 0 Å². The molecule has 0 spiro atoms. The lowest BCUT2D eigenvalue weighted by Crippen LogP contribution is -2.44. The van der Waals surface area contributed by atoms with Crippen LogP contribution in [0, 0.1) is 5.92 Å². The Kier molecular flexibility index (Phi) is 6.68. The number of nitrogens with one attached hydrogen (secondary N) is 2. The molecule has 94 valence electrons. The Labute approximate surface area is 103 Å². The number of methoxy groups -OCH3 is 1. The molecule has 0 bridgehead atoms. The predicted molar refractivity (Wildman–Crippen MR) is 68.6 cm³/mol. The maximum Gasteiger partial charge on any atom is 0.166 e. The van der Waals surface area contributed by atoms with Gasteiger partial charge in [-0.3, -0.25) is 0 Å². The summed E-state index contributed by atoms with van der Waals surface area (Å²) in [5.41, 5.74) is 0. The van der Waals surface area contributed by atoms with E-state index in [9.17, 15) is 0 Å². The molecule has 1 fully saturated rings. The van der Waals surface area contributed by atoms with Gasteiger partial charge in [-0.2, -0.15) is 0 Å². The highest BCUT2D eigenvalue weighted by Crippen LogP contribution is 2.16. The Morgan fingerprint density at radius 3 is 3.06 bits per heavy atom. The van der Waals surface area contributed by atoms with E-state index in [4.69, 9.17) is 21.7 Å². The van der Waals surface area contributed by atoms with Gasteiger partial charge in [0.1, 0.15) is 0 Å². The lowest BCUT2D eigenvalue weighted by Gasteiger charge is -2.21. The molecule has 1 rings (SSSR count). The van der Waals surface area contributed by atoms with Gasteiger partial charge in [0.2, 0.25) is 0 Å². The third kappa shape index (κ3) is 5.09. The Morgan fingerprint density at radius 1 is 1.62 bits per heavy atom. The molecule has 0 amide bonds. The average molecular weight is 246 g/mol. The highest BCUT2D eigenvalue weighted by atomic mass is 32.1. The first-order valence-electron chi connectivity index (χ1n) is 5.85. The van der Waals surface area contributed by atoms with E-state index in [1.54, 1.807) is 7.11 Å². The van der Waals surface area contributed by atoms with Crippen molar-refractivity contribution in [3.8, 4) is 0 Å². The van der Waals surface area contributed by atoms with Gasteiger partial charge < -0.3 is 20.1 Å². The molecule has 0 radical (unpaired) electrons. The fraction of sp³-hybridized carbons (Fsp3) is 0.909. The third-order valence-corrected chi connectivity index (χ3v) is 3.10. The smallest absolute Gasteiger partial charge is 0.166 e. The third-order valence-electron chi connectivity index (χ3n) is 2.84. The number of rotatable bonds is 6. The van der Waals surface area contributed by atoms with Crippen molar-refractivity contribution >= 4 is 17.3 Å². The van der Waals surface area contributed by atoms with Gasteiger partial charge in [-0.1, -0.05) is 0 Å². The first-order chi connectivity index (χ1) is 7.74. The zero-order chi connectivity index (χ0) is 11.8. The molecule has 1 saturated heterocycles. The van der Waals surface area contributed by atoms with Crippen molar-refractivity contribution < 1.29 is 9.47 Å². The maximum absolute atomic E-state index is 5.35. The highest BCUT2D eigenvalue weighted by molar-refractivity contribution is 7.80. The molecule has 16 heavy (non-hydrogen) atoms. The van der Waals surface area contributed by atoms with Crippen LogP contribution in [0.5, 0.6) is 0 Å². The monoisotopic (exact) mass is 246 g/mol. The molecule has 2 atom stereocenters. The minimum Gasteiger partial charge on any atom is -0.385 e. The summed E-state index contributed by atoms with van der Waals surface area (Å²) in [6, 6.07) is 0.380. The summed E-state index contributed by atoms with van der Waals surface area (Å²) < 4.78 is 10.3. The van der Waals surface area contributed by atoms with Crippen molar-refractivity contribution in [3.05, 3.63) is 0 Å². The van der Waals surface area contributed by atoms with Gasteiger partial charge in [0, 0.05) is 38.8 Å². The zero-order valence-electron chi connectivity index (χ0n) is 10.1. The van der Waals surface area contributed by atoms with E-state index in [1.165, 1.54) is 0 Å². The van der Waals surface area contributed by atoms with Crippen LogP contribution in [0.3, 0.4) is 0 Å².